The highest BCUT2D eigenvalue weighted by Crippen LogP contribution is 2.26. The maximum absolute atomic E-state index is 10.6. The lowest BCUT2D eigenvalue weighted by atomic mass is 10.2. The number of non-ortho nitro benzene ring substituents is 1. The summed E-state index contributed by atoms with van der Waals surface area (Å²) >= 11 is 6.02. The van der Waals surface area contributed by atoms with Crippen LogP contribution < -0.4 is 5.32 Å². The molecule has 0 aliphatic heterocycles. The summed E-state index contributed by atoms with van der Waals surface area (Å²) in [6.45, 7) is 4.74. The van der Waals surface area contributed by atoms with Crippen LogP contribution in [0.25, 0.3) is 0 Å². The molecule has 0 radical (unpaired) electrons. The molecule has 0 bridgehead atoms. The third-order valence-corrected chi connectivity index (χ3v) is 3.34. The normalized spacial score (nSPS) is 10.9. The van der Waals surface area contributed by atoms with Gasteiger partial charge in [-0.1, -0.05) is 11.6 Å². The van der Waals surface area contributed by atoms with Gasteiger partial charge in [0.15, 0.2) is 0 Å². The molecule has 0 aliphatic carbocycles. The zero-order chi connectivity index (χ0) is 15.4. The van der Waals surface area contributed by atoms with Crippen molar-refractivity contribution in [3.05, 3.63) is 45.5 Å². The van der Waals surface area contributed by atoms with Crippen molar-refractivity contribution < 1.29 is 4.92 Å². The molecule has 0 saturated carbocycles. The predicted molar refractivity (Wildman–Crippen MR) is 80.7 cm³/mol. The molecule has 0 saturated heterocycles. The Morgan fingerprint density at radius 3 is 2.86 bits per heavy atom. The van der Waals surface area contributed by atoms with Gasteiger partial charge in [0, 0.05) is 31.1 Å². The van der Waals surface area contributed by atoms with Crippen LogP contribution in [0.2, 0.25) is 5.02 Å². The molecule has 0 aliphatic rings. The fraction of sp³-hybridized carbons (Fsp3) is 0.385. The maximum Gasteiger partial charge on any atom is 0.271 e. The van der Waals surface area contributed by atoms with Crippen molar-refractivity contribution >= 4 is 23.0 Å². The van der Waals surface area contributed by atoms with Gasteiger partial charge in [-0.3, -0.25) is 10.1 Å². The fourth-order valence-electron chi connectivity index (χ4n) is 1.95. The highest BCUT2D eigenvalue weighted by Gasteiger charge is 2.10. The van der Waals surface area contributed by atoms with E-state index in [4.69, 9.17) is 11.6 Å². The van der Waals surface area contributed by atoms with E-state index in [1.165, 1.54) is 12.1 Å². The Hall–Kier alpha value is -2.15. The zero-order valence-electron chi connectivity index (χ0n) is 11.8. The van der Waals surface area contributed by atoms with E-state index in [-0.39, 0.29) is 5.69 Å². The Morgan fingerprint density at radius 1 is 1.48 bits per heavy atom. The van der Waals surface area contributed by atoms with Crippen molar-refractivity contribution in [2.24, 2.45) is 0 Å². The first kappa shape index (κ1) is 15.2. The molecule has 0 unspecified atom stereocenters. The quantitative estimate of drug-likeness (QED) is 0.654. The molecular weight excluding hydrogens is 294 g/mol. The first-order valence-electron chi connectivity index (χ1n) is 6.55. The molecule has 21 heavy (non-hydrogen) atoms. The molecule has 1 aromatic carbocycles. The number of hydrogen-bond donors (Lipinski definition) is 1. The molecule has 2 rings (SSSR count). The Morgan fingerprint density at radius 2 is 2.24 bits per heavy atom. The number of nitro benzene ring substituents is 1. The molecule has 1 N–H and O–H groups in total. The van der Waals surface area contributed by atoms with Gasteiger partial charge in [-0.15, -0.1) is 10.2 Å². The SMILES string of the molecule is CC(C)n1cnnc1CCNc1ccc([N+](=O)[O-])cc1Cl. The van der Waals surface area contributed by atoms with Crippen molar-refractivity contribution in [3.8, 4) is 0 Å². The molecule has 112 valence electrons. The molecular formula is C13H16ClN5O2. The fourth-order valence-corrected chi connectivity index (χ4v) is 2.19. The number of anilines is 1. The summed E-state index contributed by atoms with van der Waals surface area (Å²) in [5, 5.41) is 22.1. The predicted octanol–water partition coefficient (Wildman–Crippen LogP) is 3.08. The largest absolute Gasteiger partial charge is 0.383 e. The van der Waals surface area contributed by atoms with Crippen molar-refractivity contribution in [2.45, 2.75) is 26.3 Å². The summed E-state index contributed by atoms with van der Waals surface area (Å²) in [4.78, 5) is 10.2. The Bertz CT molecular complexity index is 641. The van der Waals surface area contributed by atoms with E-state index >= 15 is 0 Å². The first-order valence-corrected chi connectivity index (χ1v) is 6.93. The third-order valence-electron chi connectivity index (χ3n) is 3.03. The standard InChI is InChI=1S/C13H16ClN5O2/c1-9(2)18-8-16-17-13(18)5-6-15-12-4-3-10(19(20)21)7-11(12)14/h3-4,7-9,15H,5-6H2,1-2H3. The van der Waals surface area contributed by atoms with E-state index in [1.54, 1.807) is 12.4 Å². The second kappa shape index (κ2) is 6.53. The van der Waals surface area contributed by atoms with E-state index in [2.05, 4.69) is 29.4 Å². The molecule has 0 spiro atoms. The minimum absolute atomic E-state index is 0.0231. The average Bonchev–Trinajstić information content (AvgIpc) is 2.89. The van der Waals surface area contributed by atoms with Crippen LogP contribution >= 0.6 is 11.6 Å². The minimum atomic E-state index is -0.471. The molecule has 1 aromatic heterocycles. The highest BCUT2D eigenvalue weighted by atomic mass is 35.5. The van der Waals surface area contributed by atoms with Gasteiger partial charge < -0.3 is 9.88 Å². The summed E-state index contributed by atoms with van der Waals surface area (Å²) in [6.07, 6.45) is 2.39. The summed E-state index contributed by atoms with van der Waals surface area (Å²) in [7, 11) is 0. The first-order chi connectivity index (χ1) is 9.99. The van der Waals surface area contributed by atoms with E-state index in [0.717, 1.165) is 5.82 Å². The molecule has 0 atom stereocenters. The van der Waals surface area contributed by atoms with Gasteiger partial charge in [-0.2, -0.15) is 0 Å². The van der Waals surface area contributed by atoms with Crippen LogP contribution in [0.4, 0.5) is 11.4 Å². The lowest BCUT2D eigenvalue weighted by Gasteiger charge is -2.11. The van der Waals surface area contributed by atoms with Crippen LogP contribution in [-0.2, 0) is 6.42 Å². The van der Waals surface area contributed by atoms with E-state index in [0.29, 0.717) is 29.7 Å². The minimum Gasteiger partial charge on any atom is -0.383 e. The molecule has 8 heteroatoms. The number of halogens is 1. The molecule has 0 amide bonds. The van der Waals surface area contributed by atoms with E-state index < -0.39 is 4.92 Å². The molecule has 2 aromatic rings. The van der Waals surface area contributed by atoms with Gasteiger partial charge in [-0.25, -0.2) is 0 Å². The Balaban J connectivity index is 1.97. The second-order valence-corrected chi connectivity index (χ2v) is 5.25. The van der Waals surface area contributed by atoms with Crippen molar-refractivity contribution in [1.82, 2.24) is 14.8 Å². The summed E-state index contributed by atoms with van der Waals surface area (Å²) < 4.78 is 2.00. The Kier molecular flexibility index (Phi) is 4.74. The van der Waals surface area contributed by atoms with Crippen LogP contribution in [0.5, 0.6) is 0 Å². The zero-order valence-corrected chi connectivity index (χ0v) is 12.5. The van der Waals surface area contributed by atoms with Crippen molar-refractivity contribution in [2.75, 3.05) is 11.9 Å². The topological polar surface area (TPSA) is 85.9 Å². The number of aromatic nitrogens is 3. The molecule has 0 fully saturated rings. The lowest BCUT2D eigenvalue weighted by Crippen LogP contribution is -2.11. The molecule has 1 heterocycles. The van der Waals surface area contributed by atoms with Gasteiger partial charge in [0.1, 0.15) is 12.2 Å². The van der Waals surface area contributed by atoms with Crippen molar-refractivity contribution in [1.29, 1.82) is 0 Å². The van der Waals surface area contributed by atoms with Gasteiger partial charge in [0.05, 0.1) is 15.6 Å². The highest BCUT2D eigenvalue weighted by molar-refractivity contribution is 6.33. The summed E-state index contributed by atoms with van der Waals surface area (Å²) in [5.74, 6) is 0.885. The van der Waals surface area contributed by atoms with Gasteiger partial charge in [0.2, 0.25) is 0 Å². The number of rotatable bonds is 6. The maximum atomic E-state index is 10.6. The number of nitrogens with zero attached hydrogens (tertiary/aromatic N) is 4. The van der Waals surface area contributed by atoms with Gasteiger partial charge in [0.25, 0.3) is 5.69 Å². The van der Waals surface area contributed by atoms with E-state index in [1.807, 2.05) is 4.57 Å². The van der Waals surface area contributed by atoms with Crippen LogP contribution in [0, 0.1) is 10.1 Å². The van der Waals surface area contributed by atoms with Crippen LogP contribution in [0.15, 0.2) is 24.5 Å². The summed E-state index contributed by atoms with van der Waals surface area (Å²) in [6, 6.07) is 4.66. The molecule has 7 nitrogen and oxygen atoms in total. The van der Waals surface area contributed by atoms with Crippen molar-refractivity contribution in [3.63, 3.8) is 0 Å². The summed E-state index contributed by atoms with van der Waals surface area (Å²) in [5.41, 5.74) is 0.642. The average molecular weight is 310 g/mol. The van der Waals surface area contributed by atoms with Gasteiger partial charge >= 0.3 is 0 Å². The van der Waals surface area contributed by atoms with Crippen LogP contribution in [0.1, 0.15) is 25.7 Å². The number of nitro groups is 1. The number of hydrogen-bond acceptors (Lipinski definition) is 5. The number of benzene rings is 1. The van der Waals surface area contributed by atoms with Crippen LogP contribution in [0.3, 0.4) is 0 Å². The number of nitrogens with one attached hydrogen (secondary N) is 1. The third kappa shape index (κ3) is 3.69. The van der Waals surface area contributed by atoms with Crippen LogP contribution in [-0.4, -0.2) is 26.2 Å². The monoisotopic (exact) mass is 309 g/mol. The second-order valence-electron chi connectivity index (χ2n) is 4.85. The smallest absolute Gasteiger partial charge is 0.271 e. The van der Waals surface area contributed by atoms with Gasteiger partial charge in [-0.05, 0) is 19.9 Å². The lowest BCUT2D eigenvalue weighted by molar-refractivity contribution is -0.384. The Labute approximate surface area is 127 Å². The van der Waals surface area contributed by atoms with E-state index in [9.17, 15) is 10.1 Å².